The molecule has 0 saturated heterocycles. The van der Waals surface area contributed by atoms with E-state index in [1.54, 1.807) is 18.3 Å². The number of nitrogens with zero attached hydrogens (tertiary/aromatic N) is 5. The van der Waals surface area contributed by atoms with E-state index < -0.39 is 4.92 Å². The van der Waals surface area contributed by atoms with E-state index >= 15 is 0 Å². The van der Waals surface area contributed by atoms with Gasteiger partial charge in [0.05, 0.1) is 4.92 Å². The monoisotopic (exact) mass is 360 g/mol. The van der Waals surface area contributed by atoms with Gasteiger partial charge in [0.2, 0.25) is 11.6 Å². The molecule has 0 spiro atoms. The van der Waals surface area contributed by atoms with Crippen LogP contribution in [0.15, 0.2) is 53.8 Å². The molecule has 0 atom stereocenters. The molecule has 0 unspecified atom stereocenters. The normalized spacial score (nSPS) is 10.4. The molecular formula is C13H9BrN6O2. The number of halogens is 1. The van der Waals surface area contributed by atoms with Crippen molar-refractivity contribution in [3.8, 4) is 5.82 Å². The van der Waals surface area contributed by atoms with E-state index in [1.807, 2.05) is 12.1 Å². The first kappa shape index (κ1) is 14.1. The Morgan fingerprint density at radius 1 is 1.23 bits per heavy atom. The molecule has 22 heavy (non-hydrogen) atoms. The van der Waals surface area contributed by atoms with Crippen molar-refractivity contribution in [2.24, 2.45) is 0 Å². The molecule has 9 heteroatoms. The molecule has 0 bridgehead atoms. The molecule has 0 aliphatic carbocycles. The summed E-state index contributed by atoms with van der Waals surface area (Å²) in [5.74, 6) is 0.267. The molecule has 2 aromatic heterocycles. The van der Waals surface area contributed by atoms with Crippen LogP contribution in [0.2, 0.25) is 0 Å². The maximum atomic E-state index is 11.4. The minimum Gasteiger partial charge on any atom is -0.334 e. The summed E-state index contributed by atoms with van der Waals surface area (Å²) >= 11 is 3.33. The minimum absolute atomic E-state index is 0.117. The van der Waals surface area contributed by atoms with Gasteiger partial charge in [-0.2, -0.15) is 0 Å². The highest BCUT2D eigenvalue weighted by atomic mass is 79.9. The molecule has 0 radical (unpaired) electrons. The fourth-order valence-electron chi connectivity index (χ4n) is 1.87. The third-order valence-corrected chi connectivity index (χ3v) is 3.37. The van der Waals surface area contributed by atoms with Gasteiger partial charge in [-0.05, 0) is 24.3 Å². The van der Waals surface area contributed by atoms with Crippen molar-refractivity contribution < 1.29 is 4.92 Å². The van der Waals surface area contributed by atoms with Gasteiger partial charge in [-0.15, -0.1) is 0 Å². The van der Waals surface area contributed by atoms with Crippen LogP contribution in [0.4, 0.5) is 17.2 Å². The lowest BCUT2D eigenvalue weighted by atomic mass is 10.3. The first-order valence-corrected chi connectivity index (χ1v) is 6.95. The number of benzene rings is 1. The van der Waals surface area contributed by atoms with E-state index in [0.717, 1.165) is 4.47 Å². The second-order valence-electron chi connectivity index (χ2n) is 4.25. The Balaban J connectivity index is 2.06. The van der Waals surface area contributed by atoms with Gasteiger partial charge in [-0.25, -0.2) is 15.0 Å². The number of nitrogens with one attached hydrogen (secondary N) is 1. The summed E-state index contributed by atoms with van der Waals surface area (Å²) in [7, 11) is 0. The summed E-state index contributed by atoms with van der Waals surface area (Å²) < 4.78 is 2.38. The van der Waals surface area contributed by atoms with Gasteiger partial charge in [-0.1, -0.05) is 15.9 Å². The summed E-state index contributed by atoms with van der Waals surface area (Å²) in [6.07, 6.45) is 5.81. The first-order chi connectivity index (χ1) is 10.6. The van der Waals surface area contributed by atoms with E-state index in [9.17, 15) is 10.1 Å². The average Bonchev–Trinajstić information content (AvgIpc) is 3.03. The van der Waals surface area contributed by atoms with E-state index in [4.69, 9.17) is 0 Å². The number of hydrogen-bond donors (Lipinski definition) is 1. The van der Waals surface area contributed by atoms with Crippen LogP contribution in [0, 0.1) is 10.1 Å². The largest absolute Gasteiger partial charge is 0.354 e. The molecule has 1 N–H and O–H groups in total. The second kappa shape index (κ2) is 5.90. The van der Waals surface area contributed by atoms with Crippen LogP contribution < -0.4 is 5.32 Å². The summed E-state index contributed by atoms with van der Waals surface area (Å²) in [6, 6.07) is 7.22. The van der Waals surface area contributed by atoms with Crippen molar-refractivity contribution in [2.75, 3.05) is 5.32 Å². The topological polar surface area (TPSA) is 98.8 Å². The molecule has 0 aliphatic rings. The van der Waals surface area contributed by atoms with Crippen molar-refractivity contribution >= 4 is 33.1 Å². The number of nitro groups is 1. The van der Waals surface area contributed by atoms with Gasteiger partial charge in [0.25, 0.3) is 0 Å². The van der Waals surface area contributed by atoms with Gasteiger partial charge in [-0.3, -0.25) is 14.7 Å². The average molecular weight is 361 g/mol. The number of rotatable bonds is 4. The quantitative estimate of drug-likeness (QED) is 0.566. The molecule has 1 aromatic carbocycles. The highest BCUT2D eigenvalue weighted by molar-refractivity contribution is 9.10. The zero-order valence-corrected chi connectivity index (χ0v) is 12.6. The van der Waals surface area contributed by atoms with Crippen molar-refractivity contribution in [3.63, 3.8) is 0 Å². The summed E-state index contributed by atoms with van der Waals surface area (Å²) in [5, 5.41) is 14.4. The van der Waals surface area contributed by atoms with Crippen LogP contribution in [0.3, 0.4) is 0 Å². The molecule has 0 aliphatic heterocycles. The lowest BCUT2D eigenvalue weighted by molar-refractivity contribution is -0.384. The number of hydrogen-bond acceptors (Lipinski definition) is 6. The van der Waals surface area contributed by atoms with Crippen LogP contribution in [0.25, 0.3) is 5.82 Å². The van der Waals surface area contributed by atoms with Crippen LogP contribution >= 0.6 is 15.9 Å². The van der Waals surface area contributed by atoms with Gasteiger partial charge in [0.1, 0.15) is 12.7 Å². The van der Waals surface area contributed by atoms with E-state index in [1.165, 1.54) is 23.4 Å². The predicted octanol–water partition coefficient (Wildman–Crippen LogP) is 3.08. The van der Waals surface area contributed by atoms with E-state index in [-0.39, 0.29) is 17.3 Å². The first-order valence-electron chi connectivity index (χ1n) is 6.15. The summed E-state index contributed by atoms with van der Waals surface area (Å²) in [4.78, 5) is 22.7. The highest BCUT2D eigenvalue weighted by Gasteiger charge is 2.24. The second-order valence-corrected chi connectivity index (χ2v) is 5.17. The molecular weight excluding hydrogens is 352 g/mol. The van der Waals surface area contributed by atoms with Gasteiger partial charge in [0.15, 0.2) is 0 Å². The van der Waals surface area contributed by atoms with Crippen molar-refractivity contribution in [1.29, 1.82) is 0 Å². The predicted molar refractivity (Wildman–Crippen MR) is 83.2 cm³/mol. The molecule has 3 rings (SSSR count). The van der Waals surface area contributed by atoms with Gasteiger partial charge in [0, 0.05) is 22.6 Å². The van der Waals surface area contributed by atoms with Crippen molar-refractivity contribution in [3.05, 3.63) is 63.9 Å². The third-order valence-electron chi connectivity index (χ3n) is 2.84. The highest BCUT2D eigenvalue weighted by Crippen LogP contribution is 2.30. The SMILES string of the molecule is O=[N+]([O-])c1c(Nc2ccc(Br)cc2)ncnc1-n1ccnc1. The molecule has 0 fully saturated rings. The third kappa shape index (κ3) is 2.79. The van der Waals surface area contributed by atoms with Crippen LogP contribution in [-0.2, 0) is 0 Å². The Bertz CT molecular complexity index is 804. The lowest BCUT2D eigenvalue weighted by Crippen LogP contribution is -2.06. The number of aromatic nitrogens is 4. The molecule has 2 heterocycles. The Morgan fingerprint density at radius 2 is 2.00 bits per heavy atom. The maximum Gasteiger partial charge on any atom is 0.354 e. The molecule has 0 amide bonds. The summed E-state index contributed by atoms with van der Waals surface area (Å²) in [6.45, 7) is 0. The fraction of sp³-hybridized carbons (Fsp3) is 0. The van der Waals surface area contributed by atoms with E-state index in [2.05, 4.69) is 36.2 Å². The number of anilines is 2. The molecule has 3 aromatic rings. The zero-order chi connectivity index (χ0) is 15.5. The molecule has 0 saturated carbocycles. The Morgan fingerprint density at radius 3 is 2.64 bits per heavy atom. The number of imidazole rings is 1. The Labute approximate surface area is 133 Å². The fourth-order valence-corrected chi connectivity index (χ4v) is 2.14. The van der Waals surface area contributed by atoms with Gasteiger partial charge >= 0.3 is 5.69 Å². The molecule has 8 nitrogen and oxygen atoms in total. The minimum atomic E-state index is -0.517. The standard InChI is InChI=1S/C13H9BrN6O2/c14-9-1-3-10(4-2-9)18-12-11(20(21)22)13(17-7-16-12)19-6-5-15-8-19/h1-8H,(H,16,17,18). The maximum absolute atomic E-state index is 11.4. The summed E-state index contributed by atoms with van der Waals surface area (Å²) in [5.41, 5.74) is 0.463. The Hall–Kier alpha value is -2.81. The zero-order valence-electron chi connectivity index (χ0n) is 11.0. The van der Waals surface area contributed by atoms with E-state index in [0.29, 0.717) is 5.69 Å². The van der Waals surface area contributed by atoms with Crippen molar-refractivity contribution in [2.45, 2.75) is 0 Å². The smallest absolute Gasteiger partial charge is 0.334 e. The van der Waals surface area contributed by atoms with Crippen LogP contribution in [-0.4, -0.2) is 24.4 Å². The Kier molecular flexibility index (Phi) is 3.79. The lowest BCUT2D eigenvalue weighted by Gasteiger charge is -2.08. The van der Waals surface area contributed by atoms with Gasteiger partial charge < -0.3 is 5.32 Å². The van der Waals surface area contributed by atoms with Crippen molar-refractivity contribution in [1.82, 2.24) is 19.5 Å². The van der Waals surface area contributed by atoms with Crippen LogP contribution in [0.1, 0.15) is 0 Å². The van der Waals surface area contributed by atoms with Crippen LogP contribution in [0.5, 0.6) is 0 Å². The molecule has 110 valence electrons.